The van der Waals surface area contributed by atoms with Crippen molar-refractivity contribution in [3.8, 4) is 5.75 Å². The fourth-order valence-corrected chi connectivity index (χ4v) is 7.68. The minimum absolute atomic E-state index is 0.0120. The SMILES string of the molecule is COc1ccc(C2(N(C)C)CCN(C[C@H]3CC[C@@H]4[C@H](O3)c3cc(C(F)(F)F)ccc3N[C@H]4C3C=CC=CC3)CC2)cc1. The van der Waals surface area contributed by atoms with Gasteiger partial charge in [-0.15, -0.1) is 0 Å². The average molecular weight is 582 g/mol. The van der Waals surface area contributed by atoms with Crippen LogP contribution in [0.1, 0.15) is 54.9 Å². The number of fused-ring (bicyclic) bond motifs is 3. The maximum atomic E-state index is 13.7. The zero-order valence-electron chi connectivity index (χ0n) is 24.7. The summed E-state index contributed by atoms with van der Waals surface area (Å²) in [6.07, 6.45) is 8.55. The lowest BCUT2D eigenvalue weighted by Gasteiger charge is -2.50. The lowest BCUT2D eigenvalue weighted by molar-refractivity contribution is -0.138. The van der Waals surface area contributed by atoms with Crippen LogP contribution < -0.4 is 10.1 Å². The number of piperidine rings is 1. The summed E-state index contributed by atoms with van der Waals surface area (Å²) in [6, 6.07) is 12.7. The van der Waals surface area contributed by atoms with Crippen LogP contribution in [-0.2, 0) is 16.5 Å². The Balaban J connectivity index is 1.18. The molecule has 5 atom stereocenters. The van der Waals surface area contributed by atoms with Gasteiger partial charge < -0.3 is 19.7 Å². The fourth-order valence-electron chi connectivity index (χ4n) is 7.68. The van der Waals surface area contributed by atoms with Crippen molar-refractivity contribution >= 4 is 5.69 Å². The number of allylic oxidation sites excluding steroid dienone is 3. The second-order valence-corrected chi connectivity index (χ2v) is 12.6. The quantitative estimate of drug-likeness (QED) is 0.397. The number of nitrogens with zero attached hydrogens (tertiary/aromatic N) is 2. The fraction of sp³-hybridized carbons (Fsp3) is 0.529. The first-order chi connectivity index (χ1) is 20.2. The summed E-state index contributed by atoms with van der Waals surface area (Å²) in [5, 5.41) is 3.63. The predicted molar refractivity (Wildman–Crippen MR) is 160 cm³/mol. The van der Waals surface area contributed by atoms with Crippen LogP contribution in [0.25, 0.3) is 0 Å². The van der Waals surface area contributed by atoms with E-state index in [9.17, 15) is 13.2 Å². The van der Waals surface area contributed by atoms with Crippen molar-refractivity contribution in [3.05, 3.63) is 83.5 Å². The normalized spacial score (nSPS) is 29.1. The number of methoxy groups -OCH3 is 1. The molecule has 0 saturated carbocycles. The topological polar surface area (TPSA) is 37.0 Å². The van der Waals surface area contributed by atoms with Crippen molar-refractivity contribution in [1.29, 1.82) is 0 Å². The van der Waals surface area contributed by atoms with Gasteiger partial charge in [-0.05, 0) is 82.1 Å². The summed E-state index contributed by atoms with van der Waals surface area (Å²) in [5.41, 5.74) is 2.07. The van der Waals surface area contributed by atoms with Crippen LogP contribution in [0, 0.1) is 11.8 Å². The van der Waals surface area contributed by atoms with Crippen molar-refractivity contribution < 1.29 is 22.6 Å². The van der Waals surface area contributed by atoms with Crippen LogP contribution in [0.3, 0.4) is 0 Å². The third kappa shape index (κ3) is 5.61. The number of ether oxygens (including phenoxy) is 2. The van der Waals surface area contributed by atoms with Crippen LogP contribution in [0.15, 0.2) is 66.8 Å². The molecule has 3 heterocycles. The van der Waals surface area contributed by atoms with E-state index in [1.54, 1.807) is 13.2 Å². The summed E-state index contributed by atoms with van der Waals surface area (Å²) >= 11 is 0. The molecular formula is C34H42F3N3O2. The van der Waals surface area contributed by atoms with Crippen molar-refractivity contribution in [2.75, 3.05) is 46.2 Å². The summed E-state index contributed by atoms with van der Waals surface area (Å²) in [4.78, 5) is 4.82. The van der Waals surface area contributed by atoms with E-state index in [2.05, 4.69) is 65.6 Å². The largest absolute Gasteiger partial charge is 0.497 e. The smallest absolute Gasteiger partial charge is 0.416 e. The van der Waals surface area contributed by atoms with Gasteiger partial charge in [0.05, 0.1) is 24.9 Å². The van der Waals surface area contributed by atoms with Gasteiger partial charge in [0, 0.05) is 54.3 Å². The van der Waals surface area contributed by atoms with Crippen LogP contribution >= 0.6 is 0 Å². The number of likely N-dealkylation sites (tertiary alicyclic amines) is 1. The van der Waals surface area contributed by atoms with Crippen LogP contribution in [0.4, 0.5) is 18.9 Å². The summed E-state index contributed by atoms with van der Waals surface area (Å²) in [6.45, 7) is 2.68. The maximum absolute atomic E-state index is 13.7. The van der Waals surface area contributed by atoms with E-state index in [0.29, 0.717) is 5.56 Å². The third-order valence-electron chi connectivity index (χ3n) is 10.1. The maximum Gasteiger partial charge on any atom is 0.416 e. The van der Waals surface area contributed by atoms with Crippen LogP contribution in [-0.4, -0.2) is 62.8 Å². The van der Waals surface area contributed by atoms with Crippen molar-refractivity contribution in [2.45, 2.75) is 62.1 Å². The molecule has 1 unspecified atom stereocenters. The lowest BCUT2D eigenvalue weighted by Crippen LogP contribution is -2.53. The van der Waals surface area contributed by atoms with E-state index < -0.39 is 11.7 Å². The first-order valence-corrected chi connectivity index (χ1v) is 15.2. The minimum Gasteiger partial charge on any atom is -0.497 e. The molecule has 0 aromatic heterocycles. The molecule has 1 N–H and O–H groups in total. The van der Waals surface area contributed by atoms with Gasteiger partial charge >= 0.3 is 6.18 Å². The zero-order valence-corrected chi connectivity index (χ0v) is 24.7. The molecular weight excluding hydrogens is 539 g/mol. The van der Waals surface area contributed by atoms with E-state index in [1.807, 2.05) is 12.1 Å². The molecule has 2 saturated heterocycles. The van der Waals surface area contributed by atoms with Gasteiger partial charge in [0.25, 0.3) is 0 Å². The monoisotopic (exact) mass is 581 g/mol. The Morgan fingerprint density at radius 1 is 1.05 bits per heavy atom. The number of hydrogen-bond donors (Lipinski definition) is 1. The van der Waals surface area contributed by atoms with Gasteiger partial charge in [-0.2, -0.15) is 13.2 Å². The van der Waals surface area contributed by atoms with Gasteiger partial charge in [-0.1, -0.05) is 36.4 Å². The molecule has 1 aliphatic carbocycles. The van der Waals surface area contributed by atoms with E-state index in [1.165, 1.54) is 17.7 Å². The molecule has 0 bridgehead atoms. The van der Waals surface area contributed by atoms with E-state index in [4.69, 9.17) is 9.47 Å². The summed E-state index contributed by atoms with van der Waals surface area (Å²) in [5.74, 6) is 1.27. The highest BCUT2D eigenvalue weighted by Gasteiger charge is 2.46. The molecule has 0 amide bonds. The molecule has 8 heteroatoms. The van der Waals surface area contributed by atoms with Crippen molar-refractivity contribution in [3.63, 3.8) is 0 Å². The highest BCUT2D eigenvalue weighted by atomic mass is 19.4. The molecule has 5 nitrogen and oxygen atoms in total. The molecule has 4 aliphatic rings. The predicted octanol–water partition coefficient (Wildman–Crippen LogP) is 7.03. The molecule has 2 fully saturated rings. The summed E-state index contributed by atoms with van der Waals surface area (Å²) < 4.78 is 53.3. The van der Waals surface area contributed by atoms with Gasteiger partial charge in [0.1, 0.15) is 5.75 Å². The molecule has 3 aliphatic heterocycles. The summed E-state index contributed by atoms with van der Waals surface area (Å²) in [7, 11) is 6.00. The molecule has 0 spiro atoms. The van der Waals surface area contributed by atoms with Crippen molar-refractivity contribution in [2.24, 2.45) is 11.8 Å². The molecule has 42 heavy (non-hydrogen) atoms. The number of alkyl halides is 3. The Morgan fingerprint density at radius 3 is 2.45 bits per heavy atom. The lowest BCUT2D eigenvalue weighted by atomic mass is 9.72. The van der Waals surface area contributed by atoms with Crippen LogP contribution in [0.2, 0.25) is 0 Å². The Kier molecular flexibility index (Phi) is 8.15. The Bertz CT molecular complexity index is 1300. The second-order valence-electron chi connectivity index (χ2n) is 12.6. The Labute approximate surface area is 247 Å². The van der Waals surface area contributed by atoms with Gasteiger partial charge in [-0.25, -0.2) is 0 Å². The second kappa shape index (κ2) is 11.7. The first kappa shape index (κ1) is 29.3. The molecule has 2 aromatic carbocycles. The number of benzene rings is 2. The molecule has 0 radical (unpaired) electrons. The van der Waals surface area contributed by atoms with E-state index in [0.717, 1.165) is 63.2 Å². The number of rotatable bonds is 6. The number of nitrogens with one attached hydrogen (secondary N) is 1. The number of hydrogen-bond acceptors (Lipinski definition) is 5. The van der Waals surface area contributed by atoms with Gasteiger partial charge in [-0.3, -0.25) is 4.90 Å². The Morgan fingerprint density at radius 2 is 1.81 bits per heavy atom. The van der Waals surface area contributed by atoms with Gasteiger partial charge in [0.2, 0.25) is 0 Å². The van der Waals surface area contributed by atoms with E-state index >= 15 is 0 Å². The van der Waals surface area contributed by atoms with Crippen molar-refractivity contribution in [1.82, 2.24) is 9.80 Å². The average Bonchev–Trinajstić information content (AvgIpc) is 3.01. The zero-order chi connectivity index (χ0) is 29.5. The van der Waals surface area contributed by atoms with Crippen LogP contribution in [0.5, 0.6) is 5.75 Å². The first-order valence-electron chi connectivity index (χ1n) is 15.2. The standard InChI is InChI=1S/C34H42F3N3O2/c1-39(2)33(24-9-12-26(41-3)13-10-24)17-19-40(20-18-33)22-27-14-15-28-31(23-7-5-4-6-8-23)38-30-16-11-25(34(35,36)37)21-29(30)32(28)42-27/h4-7,9-13,16,21,23,27-28,31-32,38H,8,14-15,17-20,22H2,1-3H3/t23?,27-,28+,31+,32+/m1/s1. The number of anilines is 1. The molecule has 6 rings (SSSR count). The Hall–Kier alpha value is -2.81. The van der Waals surface area contributed by atoms with Gasteiger partial charge in [0.15, 0.2) is 0 Å². The third-order valence-corrected chi connectivity index (χ3v) is 10.1. The number of halogens is 3. The highest BCUT2D eigenvalue weighted by Crippen LogP contribution is 2.49. The molecule has 226 valence electrons. The minimum atomic E-state index is -4.39. The molecule has 2 aromatic rings. The highest BCUT2D eigenvalue weighted by molar-refractivity contribution is 5.58. The van der Waals surface area contributed by atoms with E-state index in [-0.39, 0.29) is 35.6 Å².